The van der Waals surface area contributed by atoms with E-state index in [0.29, 0.717) is 0 Å². The van der Waals surface area contributed by atoms with Crippen molar-refractivity contribution in [3.05, 3.63) is 35.7 Å². The van der Waals surface area contributed by atoms with Gasteiger partial charge in [0, 0.05) is 18.4 Å². The molecule has 0 saturated heterocycles. The van der Waals surface area contributed by atoms with Crippen LogP contribution in [0.25, 0.3) is 0 Å². The van der Waals surface area contributed by atoms with Crippen LogP contribution in [0.2, 0.25) is 0 Å². The Balaban J connectivity index is 2.14. The topological polar surface area (TPSA) is 18.5 Å². The highest BCUT2D eigenvalue weighted by Gasteiger charge is 2.38. The predicted octanol–water partition coefficient (Wildman–Crippen LogP) is 2.40. The fourth-order valence-electron chi connectivity index (χ4n) is 2.39. The molecule has 3 rings (SSSR count). The fraction of sp³-hybridized carbons (Fsp3) is 0.333. The zero-order valence-electron chi connectivity index (χ0n) is 9.28. The Labute approximate surface area is 90.0 Å². The van der Waals surface area contributed by atoms with Crippen LogP contribution in [0.3, 0.4) is 0 Å². The van der Waals surface area contributed by atoms with Crippen molar-refractivity contribution in [2.24, 2.45) is 0 Å². The van der Waals surface area contributed by atoms with E-state index >= 15 is 0 Å². The van der Waals surface area contributed by atoms with E-state index in [1.807, 2.05) is 0 Å². The number of nitrogens with one attached hydrogen (secondary N) is 1. The van der Waals surface area contributed by atoms with Crippen molar-refractivity contribution in [2.75, 3.05) is 17.3 Å². The van der Waals surface area contributed by atoms with Crippen LogP contribution < -0.4 is 10.2 Å². The lowest BCUT2D eigenvalue weighted by Crippen LogP contribution is -2.39. The van der Waals surface area contributed by atoms with E-state index < -0.39 is 0 Å². The highest BCUT2D eigenvalue weighted by Crippen LogP contribution is 2.42. The van der Waals surface area contributed by atoms with Gasteiger partial charge in [0.15, 0.2) is 6.29 Å². The molecule has 2 aliphatic heterocycles. The molecule has 15 heavy (non-hydrogen) atoms. The molecular formula is C12H15N3. The van der Waals surface area contributed by atoms with E-state index in [4.69, 9.17) is 0 Å². The number of anilines is 2. The van der Waals surface area contributed by atoms with Gasteiger partial charge in [-0.2, -0.15) is 0 Å². The summed E-state index contributed by atoms with van der Waals surface area (Å²) in [6, 6.07) is 8.45. The normalized spacial score (nSPS) is 23.0. The Morgan fingerprint density at radius 1 is 1.13 bits per heavy atom. The van der Waals surface area contributed by atoms with Crippen molar-refractivity contribution >= 4 is 11.4 Å². The van der Waals surface area contributed by atoms with E-state index in [0.717, 1.165) is 0 Å². The number of hydrogen-bond acceptors (Lipinski definition) is 3. The Morgan fingerprint density at radius 2 is 1.87 bits per heavy atom. The Hall–Kier alpha value is -1.64. The van der Waals surface area contributed by atoms with Gasteiger partial charge in [0.2, 0.25) is 0 Å². The fourth-order valence-corrected chi connectivity index (χ4v) is 2.39. The summed E-state index contributed by atoms with van der Waals surface area (Å²) < 4.78 is 0. The quantitative estimate of drug-likeness (QED) is 0.695. The van der Waals surface area contributed by atoms with Crippen LogP contribution in [0.15, 0.2) is 35.7 Å². The highest BCUT2D eigenvalue weighted by atomic mass is 15.5. The summed E-state index contributed by atoms with van der Waals surface area (Å²) in [5.74, 6) is 0. The molecule has 0 aromatic heterocycles. The molecule has 3 heteroatoms. The molecule has 0 amide bonds. The SMILES string of the molecule is CC1=C(C)N2c3ccccc3NC2N1C. The number of nitrogens with zero attached hydrogens (tertiary/aromatic N) is 2. The zero-order valence-corrected chi connectivity index (χ0v) is 9.28. The van der Waals surface area contributed by atoms with Crippen LogP contribution in [0.4, 0.5) is 11.4 Å². The van der Waals surface area contributed by atoms with Gasteiger partial charge in [0.25, 0.3) is 0 Å². The molecule has 1 atom stereocenters. The lowest BCUT2D eigenvalue weighted by atomic mass is 10.2. The van der Waals surface area contributed by atoms with E-state index in [1.165, 1.54) is 22.8 Å². The van der Waals surface area contributed by atoms with Crippen molar-refractivity contribution in [3.63, 3.8) is 0 Å². The van der Waals surface area contributed by atoms with Gasteiger partial charge in [-0.05, 0) is 26.0 Å². The van der Waals surface area contributed by atoms with Crippen LogP contribution in [0, 0.1) is 0 Å². The first-order valence-electron chi connectivity index (χ1n) is 5.25. The summed E-state index contributed by atoms with van der Waals surface area (Å²) in [5, 5.41) is 3.52. The third-order valence-electron chi connectivity index (χ3n) is 3.47. The molecule has 0 radical (unpaired) electrons. The number of allylic oxidation sites excluding steroid dienone is 2. The first kappa shape index (κ1) is 8.65. The molecule has 0 spiro atoms. The van der Waals surface area contributed by atoms with Crippen LogP contribution in [0.5, 0.6) is 0 Å². The highest BCUT2D eigenvalue weighted by molar-refractivity contribution is 5.79. The van der Waals surface area contributed by atoms with Gasteiger partial charge in [-0.25, -0.2) is 0 Å². The zero-order chi connectivity index (χ0) is 10.6. The summed E-state index contributed by atoms with van der Waals surface area (Å²) in [7, 11) is 2.13. The smallest absolute Gasteiger partial charge is 0.182 e. The second kappa shape index (κ2) is 2.69. The molecule has 1 aromatic carbocycles. The average Bonchev–Trinajstić information content (AvgIpc) is 2.72. The van der Waals surface area contributed by atoms with Crippen molar-refractivity contribution < 1.29 is 0 Å². The predicted molar refractivity (Wildman–Crippen MR) is 62.5 cm³/mol. The third-order valence-corrected chi connectivity index (χ3v) is 3.47. The lowest BCUT2D eigenvalue weighted by Gasteiger charge is -2.25. The number of fused-ring (bicyclic) bond motifs is 3. The van der Waals surface area contributed by atoms with Crippen LogP contribution >= 0.6 is 0 Å². The van der Waals surface area contributed by atoms with Crippen molar-refractivity contribution in [1.29, 1.82) is 0 Å². The Bertz CT molecular complexity index is 450. The maximum absolute atomic E-state index is 3.52. The maximum Gasteiger partial charge on any atom is 0.182 e. The molecule has 0 saturated carbocycles. The van der Waals surface area contributed by atoms with Gasteiger partial charge in [0.05, 0.1) is 11.4 Å². The van der Waals surface area contributed by atoms with Crippen LogP contribution in [-0.2, 0) is 0 Å². The molecular weight excluding hydrogens is 186 g/mol. The number of hydrogen-bond donors (Lipinski definition) is 1. The van der Waals surface area contributed by atoms with E-state index in [-0.39, 0.29) is 6.29 Å². The van der Waals surface area contributed by atoms with Gasteiger partial charge in [-0.1, -0.05) is 12.1 Å². The Kier molecular flexibility index (Phi) is 1.55. The van der Waals surface area contributed by atoms with E-state index in [2.05, 4.69) is 60.3 Å². The van der Waals surface area contributed by atoms with E-state index in [1.54, 1.807) is 0 Å². The van der Waals surface area contributed by atoms with Gasteiger partial charge < -0.3 is 15.1 Å². The molecule has 1 unspecified atom stereocenters. The van der Waals surface area contributed by atoms with E-state index in [9.17, 15) is 0 Å². The molecule has 2 heterocycles. The largest absolute Gasteiger partial charge is 0.346 e. The van der Waals surface area contributed by atoms with Crippen LogP contribution in [0.1, 0.15) is 13.8 Å². The number of rotatable bonds is 0. The van der Waals surface area contributed by atoms with Crippen molar-refractivity contribution in [3.8, 4) is 0 Å². The minimum Gasteiger partial charge on any atom is -0.346 e. The summed E-state index contributed by atoms with van der Waals surface area (Å²) >= 11 is 0. The monoisotopic (exact) mass is 201 g/mol. The second-order valence-electron chi connectivity index (χ2n) is 4.19. The molecule has 3 nitrogen and oxygen atoms in total. The van der Waals surface area contributed by atoms with Gasteiger partial charge in [-0.15, -0.1) is 0 Å². The second-order valence-corrected chi connectivity index (χ2v) is 4.19. The van der Waals surface area contributed by atoms with Crippen molar-refractivity contribution in [2.45, 2.75) is 20.1 Å². The minimum absolute atomic E-state index is 0.266. The maximum atomic E-state index is 3.52. The standard InChI is InChI=1S/C12H15N3/c1-8-9(2)15-11-7-5-4-6-10(11)13-12(15)14(8)3/h4-7,12-13H,1-3H3. The first-order valence-corrected chi connectivity index (χ1v) is 5.25. The van der Waals surface area contributed by atoms with Crippen molar-refractivity contribution in [1.82, 2.24) is 4.90 Å². The molecule has 0 bridgehead atoms. The van der Waals surface area contributed by atoms with Gasteiger partial charge >= 0.3 is 0 Å². The van der Waals surface area contributed by atoms with Gasteiger partial charge in [-0.3, -0.25) is 0 Å². The number of para-hydroxylation sites is 2. The van der Waals surface area contributed by atoms with Crippen LogP contribution in [-0.4, -0.2) is 18.2 Å². The molecule has 0 aliphatic carbocycles. The lowest BCUT2D eigenvalue weighted by molar-refractivity contribution is 0.373. The molecule has 1 aromatic rings. The summed E-state index contributed by atoms with van der Waals surface area (Å²) in [5.41, 5.74) is 5.17. The first-order chi connectivity index (χ1) is 7.20. The molecule has 1 N–H and O–H groups in total. The van der Waals surface area contributed by atoms with Gasteiger partial charge in [0.1, 0.15) is 0 Å². The number of benzene rings is 1. The third kappa shape index (κ3) is 0.950. The summed E-state index contributed by atoms with van der Waals surface area (Å²) in [4.78, 5) is 4.62. The molecule has 0 fully saturated rings. The molecule has 2 aliphatic rings. The summed E-state index contributed by atoms with van der Waals surface area (Å²) in [6.45, 7) is 4.34. The average molecular weight is 201 g/mol. The Morgan fingerprint density at radius 3 is 2.67 bits per heavy atom. The summed E-state index contributed by atoms with van der Waals surface area (Å²) in [6.07, 6.45) is 0.266. The molecule has 78 valence electrons. The minimum atomic E-state index is 0.266.